The lowest BCUT2D eigenvalue weighted by molar-refractivity contribution is -0.168. The molecule has 0 aromatic rings. The Morgan fingerprint density at radius 2 is 1.69 bits per heavy atom. The number of carbonyl (C=O) groups is 2. The molecule has 0 aliphatic heterocycles. The highest BCUT2D eigenvalue weighted by molar-refractivity contribution is 5.87. The van der Waals surface area contributed by atoms with Crippen LogP contribution in [-0.2, 0) is 14.3 Å². The molecule has 0 unspecified atom stereocenters. The highest BCUT2D eigenvalue weighted by atomic mass is 16.6. The monoisotopic (exact) mass is 371 g/mol. The molecule has 0 spiro atoms. The molecule has 0 bridgehead atoms. The fourth-order valence-electron chi connectivity index (χ4n) is 3.37. The fourth-order valence-corrected chi connectivity index (χ4v) is 3.37. The molecule has 0 heterocycles. The molecular weight excluding hydrogens is 334 g/mol. The Balaban J connectivity index is 3.00. The largest absolute Gasteiger partial charge is 0.460 e. The van der Waals surface area contributed by atoms with Crippen LogP contribution in [0.25, 0.3) is 0 Å². The van der Waals surface area contributed by atoms with E-state index in [1.807, 2.05) is 0 Å². The highest BCUT2D eigenvalue weighted by Gasteiger charge is 2.46. The van der Waals surface area contributed by atoms with Gasteiger partial charge >= 0.3 is 5.97 Å². The third kappa shape index (κ3) is 6.85. The molecule has 1 aliphatic carbocycles. The van der Waals surface area contributed by atoms with Crippen molar-refractivity contribution in [2.45, 2.75) is 96.6 Å². The van der Waals surface area contributed by atoms with E-state index in [4.69, 9.17) is 16.2 Å². The summed E-state index contributed by atoms with van der Waals surface area (Å²) in [4.78, 5) is 25.1. The van der Waals surface area contributed by atoms with Crippen LogP contribution in [0.1, 0.15) is 73.1 Å². The Hall–Kier alpha value is -1.18. The van der Waals surface area contributed by atoms with Gasteiger partial charge in [0.2, 0.25) is 0 Å². The first-order chi connectivity index (χ1) is 11.8. The summed E-state index contributed by atoms with van der Waals surface area (Å²) in [5.41, 5.74) is 9.17. The van der Waals surface area contributed by atoms with Gasteiger partial charge in [0, 0.05) is 6.04 Å². The van der Waals surface area contributed by atoms with E-state index >= 15 is 0 Å². The SMILES string of the molecule is CC(C)NC(=O)C(N)(N)[C@@H](O)[C@H](CC1CCCCC1)C(=O)OC(C)(C)C. The minimum absolute atomic E-state index is 0.181. The van der Waals surface area contributed by atoms with E-state index in [-0.39, 0.29) is 6.04 Å². The van der Waals surface area contributed by atoms with Crippen LogP contribution in [0, 0.1) is 11.8 Å². The van der Waals surface area contributed by atoms with Crippen LogP contribution in [0.4, 0.5) is 0 Å². The van der Waals surface area contributed by atoms with Crippen LogP contribution in [0.2, 0.25) is 0 Å². The number of hydrogen-bond acceptors (Lipinski definition) is 6. The first kappa shape index (κ1) is 22.9. The zero-order chi connectivity index (χ0) is 20.1. The van der Waals surface area contributed by atoms with Gasteiger partial charge in [-0.25, -0.2) is 0 Å². The molecule has 1 amide bonds. The van der Waals surface area contributed by atoms with E-state index in [0.29, 0.717) is 12.3 Å². The van der Waals surface area contributed by atoms with Crippen molar-refractivity contribution in [2.24, 2.45) is 23.3 Å². The number of nitrogens with one attached hydrogen (secondary N) is 1. The van der Waals surface area contributed by atoms with Gasteiger partial charge in [0.05, 0.1) is 5.92 Å². The molecule has 0 aromatic carbocycles. The Kier molecular flexibility index (Phi) is 8.04. The molecule has 7 nitrogen and oxygen atoms in total. The lowest BCUT2D eigenvalue weighted by Gasteiger charge is -2.36. The van der Waals surface area contributed by atoms with E-state index in [1.54, 1.807) is 34.6 Å². The summed E-state index contributed by atoms with van der Waals surface area (Å²) in [6.45, 7) is 8.83. The molecule has 2 atom stereocenters. The first-order valence-corrected chi connectivity index (χ1v) is 9.64. The summed E-state index contributed by atoms with van der Waals surface area (Å²) in [5.74, 6) is -1.89. The van der Waals surface area contributed by atoms with Gasteiger partial charge in [-0.05, 0) is 47.0 Å². The number of ether oxygens (including phenoxy) is 1. The Bertz CT molecular complexity index is 480. The maximum absolute atomic E-state index is 12.7. The zero-order valence-electron chi connectivity index (χ0n) is 16.9. The maximum atomic E-state index is 12.7. The topological polar surface area (TPSA) is 128 Å². The Morgan fingerprint density at radius 3 is 2.15 bits per heavy atom. The lowest BCUT2D eigenvalue weighted by Crippen LogP contribution is -2.71. The standard InChI is InChI=1S/C19H37N3O4/c1-12(2)22-17(25)19(20,21)15(23)14(16(24)26-18(3,4)5)11-13-9-7-6-8-10-13/h12-15,23H,6-11,20-21H2,1-5H3,(H,22,25)/t14-,15-/m0/s1. The van der Waals surface area contributed by atoms with Gasteiger partial charge < -0.3 is 26.6 Å². The van der Waals surface area contributed by atoms with Crippen molar-refractivity contribution >= 4 is 11.9 Å². The third-order valence-corrected chi connectivity index (χ3v) is 4.71. The molecule has 7 heteroatoms. The summed E-state index contributed by atoms with van der Waals surface area (Å²) < 4.78 is 5.48. The number of esters is 1. The minimum atomic E-state index is -2.07. The van der Waals surface area contributed by atoms with Crippen LogP contribution in [0.5, 0.6) is 0 Å². The summed E-state index contributed by atoms with van der Waals surface area (Å²) >= 11 is 0. The van der Waals surface area contributed by atoms with Crippen molar-refractivity contribution in [3.63, 3.8) is 0 Å². The number of carbonyl (C=O) groups excluding carboxylic acids is 2. The molecular formula is C19H37N3O4. The lowest BCUT2D eigenvalue weighted by atomic mass is 9.78. The molecule has 1 aliphatic rings. The van der Waals surface area contributed by atoms with E-state index in [9.17, 15) is 14.7 Å². The quantitative estimate of drug-likeness (QED) is 0.396. The number of nitrogens with two attached hydrogens (primary N) is 2. The predicted octanol–water partition coefficient (Wildman–Crippen LogP) is 1.41. The summed E-state index contributed by atoms with van der Waals surface area (Å²) in [6.07, 6.45) is 4.26. The maximum Gasteiger partial charge on any atom is 0.312 e. The summed E-state index contributed by atoms with van der Waals surface area (Å²) in [7, 11) is 0. The highest BCUT2D eigenvalue weighted by Crippen LogP contribution is 2.32. The number of hydrogen-bond donors (Lipinski definition) is 4. The molecule has 0 saturated heterocycles. The molecule has 1 rings (SSSR count). The average molecular weight is 372 g/mol. The second-order valence-corrected chi connectivity index (χ2v) is 8.89. The Labute approximate surface area is 157 Å². The molecule has 6 N–H and O–H groups in total. The number of aliphatic hydroxyl groups excluding tert-OH is 1. The third-order valence-electron chi connectivity index (χ3n) is 4.71. The van der Waals surface area contributed by atoms with E-state index in [0.717, 1.165) is 25.7 Å². The van der Waals surface area contributed by atoms with Crippen LogP contribution in [0.15, 0.2) is 0 Å². The van der Waals surface area contributed by atoms with Crippen molar-refractivity contribution in [1.29, 1.82) is 0 Å². The van der Waals surface area contributed by atoms with Gasteiger partial charge in [-0.2, -0.15) is 0 Å². The van der Waals surface area contributed by atoms with Crippen molar-refractivity contribution in [3.05, 3.63) is 0 Å². The fraction of sp³-hybridized carbons (Fsp3) is 0.895. The molecule has 152 valence electrons. The molecule has 26 heavy (non-hydrogen) atoms. The average Bonchev–Trinajstić information content (AvgIpc) is 2.50. The first-order valence-electron chi connectivity index (χ1n) is 9.64. The number of aliphatic hydroxyl groups is 1. The zero-order valence-corrected chi connectivity index (χ0v) is 16.9. The molecule has 0 radical (unpaired) electrons. The second kappa shape index (κ2) is 9.15. The van der Waals surface area contributed by atoms with Crippen molar-refractivity contribution in [1.82, 2.24) is 5.32 Å². The van der Waals surface area contributed by atoms with Crippen LogP contribution < -0.4 is 16.8 Å². The molecule has 1 fully saturated rings. The van der Waals surface area contributed by atoms with E-state index < -0.39 is 35.2 Å². The van der Waals surface area contributed by atoms with Gasteiger partial charge in [0.1, 0.15) is 11.7 Å². The van der Waals surface area contributed by atoms with Gasteiger partial charge in [-0.1, -0.05) is 32.1 Å². The van der Waals surface area contributed by atoms with Gasteiger partial charge in [0.15, 0.2) is 5.66 Å². The van der Waals surface area contributed by atoms with Crippen LogP contribution in [-0.4, -0.2) is 40.4 Å². The van der Waals surface area contributed by atoms with Crippen molar-refractivity contribution in [3.8, 4) is 0 Å². The normalized spacial score (nSPS) is 19.1. The van der Waals surface area contributed by atoms with Gasteiger partial charge in [0.25, 0.3) is 5.91 Å². The predicted molar refractivity (Wildman–Crippen MR) is 101 cm³/mol. The van der Waals surface area contributed by atoms with Crippen molar-refractivity contribution < 1.29 is 19.4 Å². The smallest absolute Gasteiger partial charge is 0.312 e. The van der Waals surface area contributed by atoms with Crippen LogP contribution >= 0.6 is 0 Å². The van der Waals surface area contributed by atoms with Gasteiger partial charge in [-0.15, -0.1) is 0 Å². The second-order valence-electron chi connectivity index (χ2n) is 8.89. The van der Waals surface area contributed by atoms with Gasteiger partial charge in [-0.3, -0.25) is 9.59 Å². The van der Waals surface area contributed by atoms with E-state index in [2.05, 4.69) is 5.32 Å². The summed E-state index contributed by atoms with van der Waals surface area (Å²) in [5, 5.41) is 13.4. The van der Waals surface area contributed by atoms with E-state index in [1.165, 1.54) is 6.42 Å². The van der Waals surface area contributed by atoms with Crippen molar-refractivity contribution in [2.75, 3.05) is 0 Å². The number of amides is 1. The minimum Gasteiger partial charge on any atom is -0.460 e. The Morgan fingerprint density at radius 1 is 1.15 bits per heavy atom. The molecule has 0 aromatic heterocycles. The number of rotatable bonds is 7. The molecule has 1 saturated carbocycles. The summed E-state index contributed by atoms with van der Waals surface area (Å²) in [6, 6.07) is -0.181. The van der Waals surface area contributed by atoms with Crippen LogP contribution in [0.3, 0.4) is 0 Å².